The maximum atomic E-state index is 12.9. The minimum absolute atomic E-state index is 0.00361. The van der Waals surface area contributed by atoms with Gasteiger partial charge in [-0.2, -0.15) is 0 Å². The van der Waals surface area contributed by atoms with E-state index in [1.165, 1.54) is 0 Å². The summed E-state index contributed by atoms with van der Waals surface area (Å²) in [6.07, 6.45) is 4.68. The highest BCUT2D eigenvalue weighted by molar-refractivity contribution is 6.33. The summed E-state index contributed by atoms with van der Waals surface area (Å²) in [6.45, 7) is 2.25. The van der Waals surface area contributed by atoms with Crippen LogP contribution in [0.2, 0.25) is 5.02 Å². The number of hydrogen-bond acceptors (Lipinski definition) is 2. The molecule has 2 amide bonds. The summed E-state index contributed by atoms with van der Waals surface area (Å²) in [5, 5.41) is 0.456. The van der Waals surface area contributed by atoms with Gasteiger partial charge >= 0.3 is 0 Å². The third-order valence-electron chi connectivity index (χ3n) is 5.19. The molecule has 0 unspecified atom stereocenters. The molecule has 1 aromatic heterocycles. The summed E-state index contributed by atoms with van der Waals surface area (Å²) in [6, 6.07) is 18.6. The summed E-state index contributed by atoms with van der Waals surface area (Å²) in [7, 11) is 0. The topological polar surface area (TPSA) is 45.6 Å². The first-order valence-corrected chi connectivity index (χ1v) is 10.1. The van der Waals surface area contributed by atoms with E-state index >= 15 is 0 Å². The van der Waals surface area contributed by atoms with Gasteiger partial charge in [-0.1, -0.05) is 23.7 Å². The van der Waals surface area contributed by atoms with Gasteiger partial charge in [0.05, 0.1) is 10.6 Å². The standard InChI is InChI=1S/C23H22ClN3O2/c24-21-7-2-1-6-20(21)23(29)27-15-5-14-26(16-17-27)22(28)18-8-10-19(11-9-18)25-12-3-4-13-25/h1-4,6-13H,5,14-17H2. The van der Waals surface area contributed by atoms with Crippen molar-refractivity contribution in [2.45, 2.75) is 6.42 Å². The Morgan fingerprint density at radius 1 is 0.724 bits per heavy atom. The molecule has 3 aromatic rings. The van der Waals surface area contributed by atoms with Crippen molar-refractivity contribution in [2.75, 3.05) is 26.2 Å². The minimum Gasteiger partial charge on any atom is -0.337 e. The largest absolute Gasteiger partial charge is 0.337 e. The van der Waals surface area contributed by atoms with E-state index in [9.17, 15) is 9.59 Å². The highest BCUT2D eigenvalue weighted by atomic mass is 35.5. The van der Waals surface area contributed by atoms with Crippen LogP contribution < -0.4 is 0 Å². The van der Waals surface area contributed by atoms with Gasteiger partial charge in [0.2, 0.25) is 0 Å². The lowest BCUT2D eigenvalue weighted by molar-refractivity contribution is 0.0719. The number of halogens is 1. The van der Waals surface area contributed by atoms with Crippen molar-refractivity contribution in [1.82, 2.24) is 14.4 Å². The van der Waals surface area contributed by atoms with Crippen molar-refractivity contribution < 1.29 is 9.59 Å². The van der Waals surface area contributed by atoms with Crippen LogP contribution in [0.4, 0.5) is 0 Å². The Kier molecular flexibility index (Phi) is 5.67. The molecule has 2 heterocycles. The van der Waals surface area contributed by atoms with Crippen molar-refractivity contribution >= 4 is 23.4 Å². The molecule has 0 aliphatic carbocycles. The Bertz CT molecular complexity index is 999. The molecule has 29 heavy (non-hydrogen) atoms. The molecule has 0 bridgehead atoms. The number of carbonyl (C=O) groups is 2. The molecule has 0 saturated carbocycles. The molecule has 0 N–H and O–H groups in total. The van der Waals surface area contributed by atoms with Crippen molar-refractivity contribution in [3.63, 3.8) is 0 Å². The molecule has 0 spiro atoms. The van der Waals surface area contributed by atoms with E-state index in [1.54, 1.807) is 17.0 Å². The van der Waals surface area contributed by atoms with Gasteiger partial charge in [-0.05, 0) is 55.0 Å². The lowest BCUT2D eigenvalue weighted by Gasteiger charge is -2.22. The van der Waals surface area contributed by atoms with Crippen LogP contribution in [0.15, 0.2) is 73.1 Å². The maximum absolute atomic E-state index is 12.9. The molecular weight excluding hydrogens is 386 g/mol. The van der Waals surface area contributed by atoms with Crippen molar-refractivity contribution in [3.8, 4) is 5.69 Å². The van der Waals surface area contributed by atoms with E-state index in [0.29, 0.717) is 42.3 Å². The van der Waals surface area contributed by atoms with Crippen LogP contribution >= 0.6 is 11.6 Å². The summed E-state index contributed by atoms with van der Waals surface area (Å²) < 4.78 is 2.00. The van der Waals surface area contributed by atoms with Crippen LogP contribution in [-0.4, -0.2) is 52.4 Å². The van der Waals surface area contributed by atoms with Gasteiger partial charge in [-0.3, -0.25) is 9.59 Å². The van der Waals surface area contributed by atoms with Crippen molar-refractivity contribution in [2.24, 2.45) is 0 Å². The van der Waals surface area contributed by atoms with E-state index in [0.717, 1.165) is 12.1 Å². The Labute approximate surface area is 175 Å². The lowest BCUT2D eigenvalue weighted by Crippen LogP contribution is -2.37. The van der Waals surface area contributed by atoms with Crippen LogP contribution in [0, 0.1) is 0 Å². The maximum Gasteiger partial charge on any atom is 0.255 e. The van der Waals surface area contributed by atoms with Crippen LogP contribution in [0.25, 0.3) is 5.69 Å². The van der Waals surface area contributed by atoms with Gasteiger partial charge in [-0.25, -0.2) is 0 Å². The van der Waals surface area contributed by atoms with Crippen LogP contribution in [0.1, 0.15) is 27.1 Å². The average Bonchev–Trinajstić information content (AvgIpc) is 3.18. The van der Waals surface area contributed by atoms with Crippen LogP contribution in [0.5, 0.6) is 0 Å². The zero-order valence-electron chi connectivity index (χ0n) is 16.0. The molecular formula is C23H22ClN3O2. The number of nitrogens with zero attached hydrogens (tertiary/aromatic N) is 3. The monoisotopic (exact) mass is 407 g/mol. The van der Waals surface area contributed by atoms with Gasteiger partial charge in [0.1, 0.15) is 0 Å². The number of hydrogen-bond donors (Lipinski definition) is 0. The Morgan fingerprint density at radius 3 is 2.00 bits per heavy atom. The molecule has 2 aromatic carbocycles. The zero-order valence-corrected chi connectivity index (χ0v) is 16.8. The second-order valence-electron chi connectivity index (χ2n) is 7.05. The lowest BCUT2D eigenvalue weighted by atomic mass is 10.1. The molecule has 0 radical (unpaired) electrons. The smallest absolute Gasteiger partial charge is 0.255 e. The third-order valence-corrected chi connectivity index (χ3v) is 5.52. The molecule has 0 atom stereocenters. The van der Waals surface area contributed by atoms with E-state index in [4.69, 9.17) is 11.6 Å². The van der Waals surface area contributed by atoms with Gasteiger partial charge in [0, 0.05) is 49.8 Å². The summed E-state index contributed by atoms with van der Waals surface area (Å²) in [5.74, 6) is -0.0860. The molecule has 1 saturated heterocycles. The number of amides is 2. The molecule has 5 nitrogen and oxygen atoms in total. The van der Waals surface area contributed by atoms with Crippen molar-refractivity contribution in [1.29, 1.82) is 0 Å². The molecule has 148 valence electrons. The summed E-state index contributed by atoms with van der Waals surface area (Å²) >= 11 is 6.17. The fourth-order valence-electron chi connectivity index (χ4n) is 3.59. The summed E-state index contributed by atoms with van der Waals surface area (Å²) in [5.41, 5.74) is 2.18. The number of aromatic nitrogens is 1. The van der Waals surface area contributed by atoms with E-state index in [-0.39, 0.29) is 11.8 Å². The fourth-order valence-corrected chi connectivity index (χ4v) is 3.81. The highest BCUT2D eigenvalue weighted by Crippen LogP contribution is 2.19. The second-order valence-corrected chi connectivity index (χ2v) is 7.46. The number of benzene rings is 2. The summed E-state index contributed by atoms with van der Waals surface area (Å²) in [4.78, 5) is 29.4. The first kappa shape index (κ1) is 19.3. The van der Waals surface area contributed by atoms with Crippen LogP contribution in [0.3, 0.4) is 0 Å². The molecule has 1 aliphatic heterocycles. The third kappa shape index (κ3) is 4.20. The SMILES string of the molecule is O=C(c1ccc(-n2cccc2)cc1)N1CCCN(C(=O)c2ccccc2Cl)CC1. The van der Waals surface area contributed by atoms with E-state index in [1.807, 2.05) is 70.4 Å². The quantitative estimate of drug-likeness (QED) is 0.655. The van der Waals surface area contributed by atoms with Gasteiger partial charge < -0.3 is 14.4 Å². The van der Waals surface area contributed by atoms with Gasteiger partial charge in [0.25, 0.3) is 11.8 Å². The second kappa shape index (κ2) is 8.53. The Morgan fingerprint density at radius 2 is 1.34 bits per heavy atom. The predicted molar refractivity (Wildman–Crippen MR) is 114 cm³/mol. The van der Waals surface area contributed by atoms with Gasteiger partial charge in [-0.15, -0.1) is 0 Å². The molecule has 6 heteroatoms. The van der Waals surface area contributed by atoms with E-state index in [2.05, 4.69) is 0 Å². The molecule has 1 fully saturated rings. The predicted octanol–water partition coefficient (Wildman–Crippen LogP) is 4.12. The fraction of sp³-hybridized carbons (Fsp3) is 0.217. The Hall–Kier alpha value is -3.05. The van der Waals surface area contributed by atoms with Crippen LogP contribution in [-0.2, 0) is 0 Å². The highest BCUT2D eigenvalue weighted by Gasteiger charge is 2.24. The zero-order chi connectivity index (χ0) is 20.2. The molecule has 1 aliphatic rings. The molecule has 4 rings (SSSR count). The normalized spacial score (nSPS) is 14.5. The van der Waals surface area contributed by atoms with Crippen molar-refractivity contribution in [3.05, 3.63) is 89.2 Å². The minimum atomic E-state index is -0.0824. The number of carbonyl (C=O) groups excluding carboxylic acids is 2. The number of rotatable bonds is 3. The first-order chi connectivity index (χ1) is 14.1. The Balaban J connectivity index is 1.42. The van der Waals surface area contributed by atoms with Gasteiger partial charge in [0.15, 0.2) is 0 Å². The first-order valence-electron chi connectivity index (χ1n) is 9.70. The van der Waals surface area contributed by atoms with E-state index < -0.39 is 0 Å². The average molecular weight is 408 g/mol.